The number of aromatic nitrogens is 4. The lowest BCUT2D eigenvalue weighted by molar-refractivity contribution is -0.127. The number of nitrogens with one attached hydrogen (secondary N) is 2. The topological polar surface area (TPSA) is 83.6 Å². The number of hydrogen-bond donors (Lipinski definition) is 2. The summed E-state index contributed by atoms with van der Waals surface area (Å²) in [5, 5.41) is 16.8. The van der Waals surface area contributed by atoms with Crippen LogP contribution in [0.3, 0.4) is 0 Å². The van der Waals surface area contributed by atoms with Crippen LogP contribution < -0.4 is 5.32 Å². The van der Waals surface area contributed by atoms with Gasteiger partial charge in [-0.05, 0) is 25.3 Å². The highest BCUT2D eigenvalue weighted by molar-refractivity contribution is 5.88. The number of carbonyl (C=O) groups excluding carboxylic acids is 1. The Balaban J connectivity index is 1.83. The number of amides is 1. The van der Waals surface area contributed by atoms with Crippen molar-refractivity contribution in [3.63, 3.8) is 0 Å². The molecule has 3 rings (SSSR count). The lowest BCUT2D eigenvalue weighted by Crippen LogP contribution is -2.43. The maximum Gasteiger partial charge on any atom is 0.231 e. The maximum absolute atomic E-state index is 12.9. The Bertz CT molecular complexity index is 590. The predicted octanol–water partition coefficient (Wildman–Crippen LogP) is 1.89. The van der Waals surface area contributed by atoms with Crippen LogP contribution in [0.15, 0.2) is 30.3 Å². The van der Waals surface area contributed by atoms with Gasteiger partial charge < -0.3 is 5.32 Å². The summed E-state index contributed by atoms with van der Waals surface area (Å²) in [7, 11) is 0. The molecule has 0 bridgehead atoms. The second-order valence-corrected chi connectivity index (χ2v) is 5.62. The van der Waals surface area contributed by atoms with Crippen molar-refractivity contribution in [1.82, 2.24) is 25.9 Å². The Morgan fingerprint density at radius 3 is 2.62 bits per heavy atom. The molecule has 1 aliphatic carbocycles. The highest BCUT2D eigenvalue weighted by atomic mass is 16.2. The zero-order chi connectivity index (χ0) is 14.7. The smallest absolute Gasteiger partial charge is 0.231 e. The predicted molar refractivity (Wildman–Crippen MR) is 77.3 cm³/mol. The third-order valence-corrected chi connectivity index (χ3v) is 4.31. The Morgan fingerprint density at radius 2 is 2.00 bits per heavy atom. The lowest BCUT2D eigenvalue weighted by Gasteiger charge is -2.29. The van der Waals surface area contributed by atoms with Crippen LogP contribution in [-0.2, 0) is 10.2 Å². The fourth-order valence-electron chi connectivity index (χ4n) is 3.13. The normalized spacial score (nSPS) is 18.3. The standard InChI is InChI=1S/C15H19N5O/c1-11(13-17-19-20-18-13)16-14(21)15(9-5-6-10-15)12-7-3-2-4-8-12/h2-4,7-8,11H,5-6,9-10H2,1H3,(H,16,21)(H,17,18,19,20). The van der Waals surface area contributed by atoms with Crippen LogP contribution in [0, 0.1) is 0 Å². The maximum atomic E-state index is 12.9. The van der Waals surface area contributed by atoms with E-state index in [0.717, 1.165) is 31.2 Å². The average Bonchev–Trinajstić information content (AvgIpc) is 3.20. The van der Waals surface area contributed by atoms with E-state index in [1.54, 1.807) is 0 Å². The summed E-state index contributed by atoms with van der Waals surface area (Å²) < 4.78 is 0. The molecule has 1 unspecified atom stereocenters. The Morgan fingerprint density at radius 1 is 1.29 bits per heavy atom. The quantitative estimate of drug-likeness (QED) is 0.898. The van der Waals surface area contributed by atoms with Crippen molar-refractivity contribution in [2.45, 2.75) is 44.1 Å². The van der Waals surface area contributed by atoms with Crippen molar-refractivity contribution in [3.8, 4) is 0 Å². The van der Waals surface area contributed by atoms with Gasteiger partial charge in [0, 0.05) is 0 Å². The van der Waals surface area contributed by atoms with Gasteiger partial charge >= 0.3 is 0 Å². The third kappa shape index (κ3) is 2.53. The second kappa shape index (κ2) is 5.63. The van der Waals surface area contributed by atoms with Crippen molar-refractivity contribution in [2.75, 3.05) is 0 Å². The second-order valence-electron chi connectivity index (χ2n) is 5.62. The summed E-state index contributed by atoms with van der Waals surface area (Å²) in [6.07, 6.45) is 3.95. The first-order valence-corrected chi connectivity index (χ1v) is 7.32. The van der Waals surface area contributed by atoms with Gasteiger partial charge in [-0.1, -0.05) is 48.4 Å². The van der Waals surface area contributed by atoms with Crippen LogP contribution >= 0.6 is 0 Å². The summed E-state index contributed by atoms with van der Waals surface area (Å²) in [5.41, 5.74) is 0.680. The van der Waals surface area contributed by atoms with Crippen LogP contribution in [0.2, 0.25) is 0 Å². The van der Waals surface area contributed by atoms with Crippen molar-refractivity contribution < 1.29 is 4.79 Å². The molecule has 1 aromatic carbocycles. The molecule has 0 saturated heterocycles. The molecule has 0 spiro atoms. The summed E-state index contributed by atoms with van der Waals surface area (Å²) in [4.78, 5) is 12.9. The minimum atomic E-state index is -0.417. The fourth-order valence-corrected chi connectivity index (χ4v) is 3.13. The van der Waals surface area contributed by atoms with E-state index in [0.29, 0.717) is 5.82 Å². The molecule has 2 N–H and O–H groups in total. The largest absolute Gasteiger partial charge is 0.345 e. The SMILES string of the molecule is CC(NC(=O)C1(c2ccccc2)CCCC1)c1nn[nH]n1. The number of tetrazole rings is 1. The van der Waals surface area contributed by atoms with E-state index < -0.39 is 5.41 Å². The molecular formula is C15H19N5O. The molecule has 6 nitrogen and oxygen atoms in total. The van der Waals surface area contributed by atoms with Gasteiger partial charge in [-0.25, -0.2) is 0 Å². The fraction of sp³-hybridized carbons (Fsp3) is 0.467. The van der Waals surface area contributed by atoms with E-state index in [4.69, 9.17) is 0 Å². The molecular weight excluding hydrogens is 266 g/mol. The first-order valence-electron chi connectivity index (χ1n) is 7.32. The Hall–Kier alpha value is -2.24. The monoisotopic (exact) mass is 285 g/mol. The summed E-state index contributed by atoms with van der Waals surface area (Å²) in [6.45, 7) is 1.87. The van der Waals surface area contributed by atoms with E-state index in [9.17, 15) is 4.79 Å². The number of nitrogens with zero attached hydrogens (tertiary/aromatic N) is 3. The first kappa shape index (κ1) is 13.7. The molecule has 1 saturated carbocycles. The summed E-state index contributed by atoms with van der Waals surface area (Å²) >= 11 is 0. The van der Waals surface area contributed by atoms with Gasteiger partial charge in [0.05, 0.1) is 11.5 Å². The van der Waals surface area contributed by atoms with Crippen LogP contribution in [0.5, 0.6) is 0 Å². The number of hydrogen-bond acceptors (Lipinski definition) is 4. The van der Waals surface area contributed by atoms with Crippen LogP contribution in [0.1, 0.15) is 50.0 Å². The minimum absolute atomic E-state index is 0.0588. The number of carbonyl (C=O) groups is 1. The highest BCUT2D eigenvalue weighted by Gasteiger charge is 2.43. The van der Waals surface area contributed by atoms with Gasteiger partial charge in [-0.15, -0.1) is 10.2 Å². The van der Waals surface area contributed by atoms with Crippen LogP contribution in [0.25, 0.3) is 0 Å². The highest BCUT2D eigenvalue weighted by Crippen LogP contribution is 2.41. The number of rotatable bonds is 4. The minimum Gasteiger partial charge on any atom is -0.345 e. The molecule has 1 atom stereocenters. The molecule has 2 aromatic rings. The van der Waals surface area contributed by atoms with Crippen LogP contribution in [0.4, 0.5) is 0 Å². The van der Waals surface area contributed by atoms with Crippen molar-refractivity contribution in [2.24, 2.45) is 0 Å². The third-order valence-electron chi connectivity index (χ3n) is 4.31. The Kier molecular flexibility index (Phi) is 3.68. The van der Waals surface area contributed by atoms with Crippen molar-refractivity contribution >= 4 is 5.91 Å². The number of H-pyrrole nitrogens is 1. The molecule has 21 heavy (non-hydrogen) atoms. The van der Waals surface area contributed by atoms with Crippen molar-refractivity contribution in [1.29, 1.82) is 0 Å². The molecule has 6 heteroatoms. The average molecular weight is 285 g/mol. The molecule has 0 aliphatic heterocycles. The van der Waals surface area contributed by atoms with Gasteiger partial charge in [0.2, 0.25) is 5.91 Å². The van der Waals surface area contributed by atoms with Gasteiger partial charge in [0.25, 0.3) is 0 Å². The van der Waals surface area contributed by atoms with E-state index in [1.807, 2.05) is 37.3 Å². The lowest BCUT2D eigenvalue weighted by atomic mass is 9.78. The number of aromatic amines is 1. The summed E-state index contributed by atoms with van der Waals surface area (Å²) in [6, 6.07) is 9.80. The zero-order valence-electron chi connectivity index (χ0n) is 12.0. The molecule has 1 aromatic heterocycles. The van der Waals surface area contributed by atoms with Gasteiger partial charge in [-0.3, -0.25) is 4.79 Å². The van der Waals surface area contributed by atoms with Crippen molar-refractivity contribution in [3.05, 3.63) is 41.7 Å². The van der Waals surface area contributed by atoms with Gasteiger partial charge in [0.1, 0.15) is 0 Å². The van der Waals surface area contributed by atoms with E-state index >= 15 is 0 Å². The first-order chi connectivity index (χ1) is 10.2. The van der Waals surface area contributed by atoms with Gasteiger partial charge in [0.15, 0.2) is 5.82 Å². The number of benzene rings is 1. The van der Waals surface area contributed by atoms with E-state index in [1.165, 1.54) is 0 Å². The molecule has 1 fully saturated rings. The summed E-state index contributed by atoms with van der Waals surface area (Å²) in [5.74, 6) is 0.563. The van der Waals surface area contributed by atoms with Crippen LogP contribution in [-0.4, -0.2) is 26.5 Å². The molecule has 1 aliphatic rings. The van der Waals surface area contributed by atoms with E-state index in [2.05, 4.69) is 25.9 Å². The van der Waals surface area contributed by atoms with E-state index in [-0.39, 0.29) is 11.9 Å². The molecule has 110 valence electrons. The Labute approximate surface area is 123 Å². The van der Waals surface area contributed by atoms with Gasteiger partial charge in [-0.2, -0.15) is 5.21 Å². The molecule has 1 heterocycles. The molecule has 1 amide bonds. The molecule has 0 radical (unpaired) electrons. The zero-order valence-corrected chi connectivity index (χ0v) is 12.0.